The third-order valence-corrected chi connectivity index (χ3v) is 6.36. The van der Waals surface area contributed by atoms with Gasteiger partial charge < -0.3 is 10.1 Å². The molecule has 168 valence electrons. The van der Waals surface area contributed by atoms with E-state index in [1.54, 1.807) is 6.08 Å². The maximum atomic E-state index is 12.8. The first-order chi connectivity index (χ1) is 15.2. The van der Waals surface area contributed by atoms with Gasteiger partial charge in [0, 0.05) is 5.69 Å². The van der Waals surface area contributed by atoms with Gasteiger partial charge in [-0.1, -0.05) is 30.7 Å². The van der Waals surface area contributed by atoms with Crippen molar-refractivity contribution in [2.45, 2.75) is 34.1 Å². The van der Waals surface area contributed by atoms with E-state index in [2.05, 4.69) is 21.2 Å². The van der Waals surface area contributed by atoms with Gasteiger partial charge in [0.15, 0.2) is 0 Å². The van der Waals surface area contributed by atoms with Crippen LogP contribution in [0.5, 0.6) is 5.75 Å². The van der Waals surface area contributed by atoms with Crippen molar-refractivity contribution in [3.63, 3.8) is 0 Å². The number of halogens is 1. The van der Waals surface area contributed by atoms with Crippen LogP contribution in [0.4, 0.5) is 10.5 Å². The Morgan fingerprint density at radius 3 is 2.47 bits per heavy atom. The van der Waals surface area contributed by atoms with Crippen molar-refractivity contribution in [3.05, 3.63) is 62.0 Å². The van der Waals surface area contributed by atoms with Gasteiger partial charge in [-0.25, -0.2) is 0 Å². The predicted octanol–water partition coefficient (Wildman–Crippen LogP) is 5.84. The normalized spacial score (nSPS) is 14.9. The molecule has 0 saturated carbocycles. The second kappa shape index (κ2) is 10.4. The summed E-state index contributed by atoms with van der Waals surface area (Å²) in [7, 11) is 0. The quantitative estimate of drug-likeness (QED) is 0.468. The number of nitrogens with zero attached hydrogens (tertiary/aromatic N) is 1. The molecule has 1 heterocycles. The highest BCUT2D eigenvalue weighted by molar-refractivity contribution is 9.10. The number of rotatable bonds is 7. The van der Waals surface area contributed by atoms with Crippen LogP contribution in [-0.2, 0) is 9.59 Å². The molecule has 0 aliphatic carbocycles. The molecule has 1 fully saturated rings. The number of thioether (sulfide) groups is 1. The van der Waals surface area contributed by atoms with E-state index in [9.17, 15) is 14.4 Å². The highest BCUT2D eigenvalue weighted by Crippen LogP contribution is 2.34. The maximum Gasteiger partial charge on any atom is 0.294 e. The molecule has 6 nitrogen and oxygen atoms in total. The van der Waals surface area contributed by atoms with Crippen LogP contribution in [0.1, 0.15) is 35.6 Å². The summed E-state index contributed by atoms with van der Waals surface area (Å²) in [6.45, 7) is 8.12. The van der Waals surface area contributed by atoms with Crippen LogP contribution in [0, 0.1) is 20.8 Å². The Morgan fingerprint density at radius 2 is 1.84 bits per heavy atom. The van der Waals surface area contributed by atoms with Crippen molar-refractivity contribution >= 4 is 56.5 Å². The van der Waals surface area contributed by atoms with E-state index in [1.165, 1.54) is 0 Å². The lowest BCUT2D eigenvalue weighted by atomic mass is 10.1. The van der Waals surface area contributed by atoms with Crippen LogP contribution in [0.3, 0.4) is 0 Å². The molecular formula is C24H25BrN2O4S. The van der Waals surface area contributed by atoms with Crippen LogP contribution >= 0.6 is 27.7 Å². The molecule has 2 aromatic carbocycles. The Hall–Kier alpha value is -2.58. The molecule has 1 aliphatic heterocycles. The highest BCUT2D eigenvalue weighted by Gasteiger charge is 2.36. The monoisotopic (exact) mass is 516 g/mol. The number of anilines is 1. The molecule has 0 atom stereocenters. The Morgan fingerprint density at radius 1 is 1.16 bits per heavy atom. The molecule has 0 unspecified atom stereocenters. The fourth-order valence-corrected chi connectivity index (χ4v) is 4.77. The van der Waals surface area contributed by atoms with E-state index < -0.39 is 17.1 Å². The molecule has 0 aromatic heterocycles. The second-order valence-corrected chi connectivity index (χ2v) is 9.48. The molecule has 1 saturated heterocycles. The molecule has 32 heavy (non-hydrogen) atoms. The lowest BCUT2D eigenvalue weighted by Gasteiger charge is -2.15. The lowest BCUT2D eigenvalue weighted by molar-refractivity contribution is -0.127. The van der Waals surface area contributed by atoms with Crippen molar-refractivity contribution in [1.29, 1.82) is 0 Å². The predicted molar refractivity (Wildman–Crippen MR) is 132 cm³/mol. The minimum atomic E-state index is -0.477. The molecule has 2 aromatic rings. The average molecular weight is 517 g/mol. The summed E-state index contributed by atoms with van der Waals surface area (Å²) >= 11 is 4.30. The van der Waals surface area contributed by atoms with Crippen LogP contribution in [0.15, 0.2) is 39.7 Å². The van der Waals surface area contributed by atoms with Crippen LogP contribution in [-0.4, -0.2) is 35.1 Å². The molecule has 3 amide bonds. The van der Waals surface area contributed by atoms with E-state index in [0.717, 1.165) is 55.6 Å². The van der Waals surface area contributed by atoms with Gasteiger partial charge in [0.05, 0.1) is 16.0 Å². The fraction of sp³-hybridized carbons (Fsp3) is 0.292. The molecule has 0 spiro atoms. The smallest absolute Gasteiger partial charge is 0.294 e. The van der Waals surface area contributed by atoms with Gasteiger partial charge in [0.1, 0.15) is 12.3 Å². The van der Waals surface area contributed by atoms with Gasteiger partial charge in [-0.15, -0.1) is 0 Å². The number of carbonyl (C=O) groups is 3. The molecule has 1 aliphatic rings. The van der Waals surface area contributed by atoms with E-state index in [-0.39, 0.29) is 11.4 Å². The number of hydrogen-bond acceptors (Lipinski definition) is 5. The number of nitrogens with one attached hydrogen (secondary N) is 1. The number of aryl methyl sites for hydroxylation is 3. The van der Waals surface area contributed by atoms with Crippen molar-refractivity contribution in [3.8, 4) is 5.75 Å². The minimum absolute atomic E-state index is 0.277. The summed E-state index contributed by atoms with van der Waals surface area (Å²) in [6, 6.07) is 9.41. The van der Waals surface area contributed by atoms with Crippen LogP contribution in [0.25, 0.3) is 6.08 Å². The zero-order chi connectivity index (χ0) is 23.4. The van der Waals surface area contributed by atoms with Gasteiger partial charge >= 0.3 is 0 Å². The number of carbonyl (C=O) groups excluding carboxylic acids is 3. The van der Waals surface area contributed by atoms with Gasteiger partial charge in [-0.2, -0.15) is 0 Å². The number of ether oxygens (including phenoxy) is 1. The zero-order valence-electron chi connectivity index (χ0n) is 18.5. The van der Waals surface area contributed by atoms with Crippen molar-refractivity contribution in [2.24, 2.45) is 0 Å². The fourth-order valence-electron chi connectivity index (χ4n) is 3.42. The van der Waals surface area contributed by atoms with Gasteiger partial charge in [-0.05, 0) is 89.8 Å². The summed E-state index contributed by atoms with van der Waals surface area (Å²) in [6.07, 6.45) is 2.55. The summed E-state index contributed by atoms with van der Waals surface area (Å²) < 4.78 is 6.40. The van der Waals surface area contributed by atoms with Crippen molar-refractivity contribution in [2.75, 3.05) is 18.5 Å². The van der Waals surface area contributed by atoms with Gasteiger partial charge in [0.25, 0.3) is 11.1 Å². The Bertz CT molecular complexity index is 1090. The molecule has 1 N–H and O–H groups in total. The summed E-state index contributed by atoms with van der Waals surface area (Å²) in [5.74, 6) is -0.172. The zero-order valence-corrected chi connectivity index (χ0v) is 20.9. The SMILES string of the molecule is CCCOc1ccc(/C=C2\SC(=O)N(CC(=O)Nc3c(C)cc(C)cc3C)C2=O)cc1Br. The molecule has 0 bridgehead atoms. The number of benzene rings is 2. The van der Waals surface area contributed by atoms with Gasteiger partial charge in [0.2, 0.25) is 5.91 Å². The first-order valence-electron chi connectivity index (χ1n) is 10.2. The van der Waals surface area contributed by atoms with Crippen LogP contribution in [0.2, 0.25) is 0 Å². The summed E-state index contributed by atoms with van der Waals surface area (Å²) in [4.78, 5) is 39.0. The van der Waals surface area contributed by atoms with E-state index in [1.807, 2.05) is 58.0 Å². The lowest BCUT2D eigenvalue weighted by Crippen LogP contribution is -2.36. The summed E-state index contributed by atoms with van der Waals surface area (Å²) in [5, 5.41) is 2.37. The first-order valence-corrected chi connectivity index (χ1v) is 11.9. The Balaban J connectivity index is 1.71. The van der Waals surface area contributed by atoms with Gasteiger partial charge in [-0.3, -0.25) is 19.3 Å². The first kappa shape index (κ1) is 24.1. The third-order valence-electron chi connectivity index (χ3n) is 4.83. The largest absolute Gasteiger partial charge is 0.492 e. The summed E-state index contributed by atoms with van der Waals surface area (Å²) in [5.41, 5.74) is 4.43. The average Bonchev–Trinajstić information content (AvgIpc) is 2.97. The Kier molecular flexibility index (Phi) is 7.79. The molecular weight excluding hydrogens is 492 g/mol. The van der Waals surface area contributed by atoms with E-state index in [4.69, 9.17) is 4.74 Å². The highest BCUT2D eigenvalue weighted by atomic mass is 79.9. The molecule has 0 radical (unpaired) electrons. The standard InChI is InChI=1S/C24H25BrN2O4S/c1-5-8-31-19-7-6-17(11-18(19)25)12-20-23(29)27(24(30)32-20)13-21(28)26-22-15(3)9-14(2)10-16(22)4/h6-7,9-12H,5,8,13H2,1-4H3,(H,26,28)/b20-12-. The molecule has 3 rings (SSSR count). The number of amides is 3. The number of imide groups is 1. The van der Waals surface area contributed by atoms with Crippen molar-refractivity contribution in [1.82, 2.24) is 4.90 Å². The second-order valence-electron chi connectivity index (χ2n) is 7.63. The number of hydrogen-bond donors (Lipinski definition) is 1. The third kappa shape index (κ3) is 5.61. The maximum absolute atomic E-state index is 12.8. The molecule has 8 heteroatoms. The minimum Gasteiger partial charge on any atom is -0.492 e. The van der Waals surface area contributed by atoms with E-state index in [0.29, 0.717) is 12.3 Å². The van der Waals surface area contributed by atoms with E-state index >= 15 is 0 Å². The van der Waals surface area contributed by atoms with Crippen LogP contribution < -0.4 is 10.1 Å². The van der Waals surface area contributed by atoms with Crippen molar-refractivity contribution < 1.29 is 19.1 Å². The topological polar surface area (TPSA) is 75.7 Å². The Labute approximate surface area is 200 Å².